The standard InChI is InChI=1S/C16H25N3O2/c1-12-11-19(7-5-15(12)20)8-6-16(21)18-14-4-2-3-13(9-14)10-17/h2-4,9,12,15,20H,5-8,10-11,17H2,1H3,(H,18,21). The van der Waals surface area contributed by atoms with Crippen molar-refractivity contribution in [3.63, 3.8) is 0 Å². The molecule has 0 spiro atoms. The third kappa shape index (κ3) is 4.81. The average Bonchev–Trinajstić information content (AvgIpc) is 2.48. The monoisotopic (exact) mass is 291 g/mol. The van der Waals surface area contributed by atoms with Crippen LogP contribution in [0.4, 0.5) is 5.69 Å². The first kappa shape index (κ1) is 15.9. The molecule has 1 fully saturated rings. The van der Waals surface area contributed by atoms with Gasteiger partial charge in [-0.2, -0.15) is 0 Å². The number of anilines is 1. The molecule has 116 valence electrons. The molecule has 1 saturated heterocycles. The lowest BCUT2D eigenvalue weighted by atomic mass is 9.97. The summed E-state index contributed by atoms with van der Waals surface area (Å²) in [6, 6.07) is 7.61. The number of nitrogens with two attached hydrogens (primary N) is 1. The number of benzene rings is 1. The van der Waals surface area contributed by atoms with Crippen molar-refractivity contribution >= 4 is 11.6 Å². The Morgan fingerprint density at radius 2 is 2.33 bits per heavy atom. The summed E-state index contributed by atoms with van der Waals surface area (Å²) in [5.41, 5.74) is 7.39. The first-order chi connectivity index (χ1) is 10.1. The van der Waals surface area contributed by atoms with Crippen molar-refractivity contribution in [3.05, 3.63) is 29.8 Å². The van der Waals surface area contributed by atoms with Gasteiger partial charge in [-0.05, 0) is 30.0 Å². The largest absolute Gasteiger partial charge is 0.393 e. The third-order valence-electron chi connectivity index (χ3n) is 4.05. The summed E-state index contributed by atoms with van der Waals surface area (Å²) in [6.45, 7) is 4.98. The predicted molar refractivity (Wildman–Crippen MR) is 83.8 cm³/mol. The number of hydrogen-bond donors (Lipinski definition) is 3. The van der Waals surface area contributed by atoms with Gasteiger partial charge in [0.2, 0.25) is 5.91 Å². The van der Waals surface area contributed by atoms with Gasteiger partial charge in [-0.3, -0.25) is 4.79 Å². The molecule has 0 aromatic heterocycles. The van der Waals surface area contributed by atoms with Gasteiger partial charge in [-0.15, -0.1) is 0 Å². The fraction of sp³-hybridized carbons (Fsp3) is 0.562. The predicted octanol–water partition coefficient (Wildman–Crippen LogP) is 1.18. The number of hydrogen-bond acceptors (Lipinski definition) is 4. The topological polar surface area (TPSA) is 78.6 Å². The van der Waals surface area contributed by atoms with Crippen LogP contribution in [0.1, 0.15) is 25.3 Å². The summed E-state index contributed by atoms with van der Waals surface area (Å²) in [7, 11) is 0. The minimum absolute atomic E-state index is 0.0166. The molecular weight excluding hydrogens is 266 g/mol. The number of piperidine rings is 1. The smallest absolute Gasteiger partial charge is 0.225 e. The van der Waals surface area contributed by atoms with Crippen LogP contribution < -0.4 is 11.1 Å². The number of aliphatic hydroxyl groups excluding tert-OH is 1. The van der Waals surface area contributed by atoms with Gasteiger partial charge in [0.15, 0.2) is 0 Å². The minimum Gasteiger partial charge on any atom is -0.393 e. The number of likely N-dealkylation sites (tertiary alicyclic amines) is 1. The summed E-state index contributed by atoms with van der Waals surface area (Å²) in [6.07, 6.45) is 1.06. The first-order valence-electron chi connectivity index (χ1n) is 7.57. The summed E-state index contributed by atoms with van der Waals surface area (Å²) in [5, 5.41) is 12.6. The van der Waals surface area contributed by atoms with E-state index in [2.05, 4.69) is 17.1 Å². The summed E-state index contributed by atoms with van der Waals surface area (Å²) >= 11 is 0. The number of carbonyl (C=O) groups excluding carboxylic acids is 1. The quantitative estimate of drug-likeness (QED) is 0.761. The fourth-order valence-electron chi connectivity index (χ4n) is 2.68. The van der Waals surface area contributed by atoms with Crippen molar-refractivity contribution in [1.82, 2.24) is 4.90 Å². The maximum atomic E-state index is 12.0. The molecule has 4 N–H and O–H groups in total. The highest BCUT2D eigenvalue weighted by molar-refractivity contribution is 5.90. The molecular formula is C16H25N3O2. The molecule has 0 aliphatic carbocycles. The summed E-state index contributed by atoms with van der Waals surface area (Å²) in [5.74, 6) is 0.297. The van der Waals surface area contributed by atoms with Gasteiger partial charge < -0.3 is 21.1 Å². The van der Waals surface area contributed by atoms with Crippen LogP contribution in [-0.4, -0.2) is 41.7 Å². The minimum atomic E-state index is -0.200. The molecule has 5 heteroatoms. The Balaban J connectivity index is 1.77. The van der Waals surface area contributed by atoms with Crippen LogP contribution in [0.3, 0.4) is 0 Å². The molecule has 1 aromatic carbocycles. The molecule has 1 aliphatic heterocycles. The summed E-state index contributed by atoms with van der Waals surface area (Å²) < 4.78 is 0. The lowest BCUT2D eigenvalue weighted by Gasteiger charge is -2.34. The van der Waals surface area contributed by atoms with Gasteiger partial charge in [0, 0.05) is 38.3 Å². The van der Waals surface area contributed by atoms with E-state index >= 15 is 0 Å². The van der Waals surface area contributed by atoms with Crippen LogP contribution in [0.5, 0.6) is 0 Å². The van der Waals surface area contributed by atoms with Gasteiger partial charge in [-0.1, -0.05) is 19.1 Å². The van der Waals surface area contributed by atoms with Crippen molar-refractivity contribution in [2.45, 2.75) is 32.4 Å². The molecule has 2 rings (SSSR count). The van der Waals surface area contributed by atoms with E-state index in [0.29, 0.717) is 13.0 Å². The Bertz CT molecular complexity index is 478. The number of amides is 1. The lowest BCUT2D eigenvalue weighted by molar-refractivity contribution is -0.116. The molecule has 21 heavy (non-hydrogen) atoms. The maximum absolute atomic E-state index is 12.0. The van der Waals surface area contributed by atoms with Crippen molar-refractivity contribution < 1.29 is 9.90 Å². The molecule has 1 amide bonds. The van der Waals surface area contributed by atoms with Crippen LogP contribution in [0.15, 0.2) is 24.3 Å². The Morgan fingerprint density at radius 1 is 1.52 bits per heavy atom. The second-order valence-corrected chi connectivity index (χ2v) is 5.84. The highest BCUT2D eigenvalue weighted by Crippen LogP contribution is 2.17. The van der Waals surface area contributed by atoms with E-state index in [1.54, 1.807) is 0 Å². The molecule has 1 aromatic rings. The molecule has 0 radical (unpaired) electrons. The Morgan fingerprint density at radius 3 is 3.05 bits per heavy atom. The summed E-state index contributed by atoms with van der Waals surface area (Å²) in [4.78, 5) is 14.2. The Kier molecular flexibility index (Phi) is 5.73. The van der Waals surface area contributed by atoms with Crippen molar-refractivity contribution in [2.24, 2.45) is 11.7 Å². The van der Waals surface area contributed by atoms with E-state index in [0.717, 1.165) is 37.3 Å². The molecule has 0 bridgehead atoms. The molecule has 2 atom stereocenters. The zero-order chi connectivity index (χ0) is 15.2. The Labute approximate surface area is 126 Å². The molecule has 1 aliphatic rings. The van der Waals surface area contributed by atoms with Crippen LogP contribution in [-0.2, 0) is 11.3 Å². The number of nitrogens with zero attached hydrogens (tertiary/aromatic N) is 1. The van der Waals surface area contributed by atoms with E-state index in [4.69, 9.17) is 5.73 Å². The zero-order valence-electron chi connectivity index (χ0n) is 12.6. The highest BCUT2D eigenvalue weighted by Gasteiger charge is 2.24. The van der Waals surface area contributed by atoms with Gasteiger partial charge in [-0.25, -0.2) is 0 Å². The van der Waals surface area contributed by atoms with E-state index in [1.165, 1.54) is 0 Å². The second kappa shape index (κ2) is 7.54. The maximum Gasteiger partial charge on any atom is 0.225 e. The normalized spacial score (nSPS) is 23.0. The Hall–Kier alpha value is -1.43. The number of rotatable bonds is 5. The lowest BCUT2D eigenvalue weighted by Crippen LogP contribution is -2.42. The van der Waals surface area contributed by atoms with Crippen molar-refractivity contribution in [3.8, 4) is 0 Å². The number of aliphatic hydroxyl groups is 1. The van der Waals surface area contributed by atoms with Gasteiger partial charge in [0.1, 0.15) is 0 Å². The second-order valence-electron chi connectivity index (χ2n) is 5.84. The van der Waals surface area contributed by atoms with Crippen LogP contribution in [0.25, 0.3) is 0 Å². The van der Waals surface area contributed by atoms with Crippen molar-refractivity contribution in [1.29, 1.82) is 0 Å². The van der Waals surface area contributed by atoms with Crippen LogP contribution >= 0.6 is 0 Å². The van der Waals surface area contributed by atoms with Gasteiger partial charge in [0.05, 0.1) is 6.10 Å². The molecule has 1 heterocycles. The third-order valence-corrected chi connectivity index (χ3v) is 4.05. The number of nitrogens with one attached hydrogen (secondary N) is 1. The van der Waals surface area contributed by atoms with E-state index in [1.807, 2.05) is 24.3 Å². The number of carbonyl (C=O) groups is 1. The fourth-order valence-corrected chi connectivity index (χ4v) is 2.68. The first-order valence-corrected chi connectivity index (χ1v) is 7.57. The molecule has 2 unspecified atom stereocenters. The SMILES string of the molecule is CC1CN(CCC(=O)Nc2cccc(CN)c2)CCC1O. The zero-order valence-corrected chi connectivity index (χ0v) is 12.6. The van der Waals surface area contributed by atoms with Gasteiger partial charge in [0.25, 0.3) is 0 Å². The van der Waals surface area contributed by atoms with E-state index in [-0.39, 0.29) is 17.9 Å². The van der Waals surface area contributed by atoms with Crippen LogP contribution in [0.2, 0.25) is 0 Å². The average molecular weight is 291 g/mol. The molecule has 5 nitrogen and oxygen atoms in total. The van der Waals surface area contributed by atoms with E-state index in [9.17, 15) is 9.90 Å². The molecule has 0 saturated carbocycles. The van der Waals surface area contributed by atoms with Gasteiger partial charge >= 0.3 is 0 Å². The van der Waals surface area contributed by atoms with Crippen molar-refractivity contribution in [2.75, 3.05) is 25.0 Å². The van der Waals surface area contributed by atoms with E-state index < -0.39 is 0 Å². The van der Waals surface area contributed by atoms with Crippen LogP contribution in [0, 0.1) is 5.92 Å². The highest BCUT2D eigenvalue weighted by atomic mass is 16.3.